The molecule has 1 aromatic carbocycles. The largest absolute Gasteiger partial charge is 0.416 e. The van der Waals surface area contributed by atoms with Gasteiger partial charge in [0.25, 0.3) is 5.91 Å². The van der Waals surface area contributed by atoms with Crippen molar-refractivity contribution in [3.8, 4) is 0 Å². The molecular weight excluding hydrogens is 455 g/mol. The second-order valence-corrected chi connectivity index (χ2v) is 8.44. The second kappa shape index (κ2) is 9.18. The number of aryl methyl sites for hydroxylation is 1. The van der Waals surface area contributed by atoms with Gasteiger partial charge in [0.05, 0.1) is 23.5 Å². The average molecular weight is 475 g/mol. The number of rotatable bonds is 6. The number of amides is 3. The van der Waals surface area contributed by atoms with Crippen LogP contribution in [0.5, 0.6) is 0 Å². The third-order valence-electron chi connectivity index (χ3n) is 5.13. The fraction of sp³-hybridized carbons (Fsp3) is 0.273. The molecule has 3 amide bonds. The van der Waals surface area contributed by atoms with Crippen molar-refractivity contribution in [3.05, 3.63) is 76.1 Å². The predicted molar refractivity (Wildman–Crippen MR) is 117 cm³/mol. The molecule has 1 saturated heterocycles. The van der Waals surface area contributed by atoms with Crippen molar-refractivity contribution in [3.63, 3.8) is 0 Å². The van der Waals surface area contributed by atoms with Crippen molar-refractivity contribution in [1.29, 1.82) is 0 Å². The summed E-state index contributed by atoms with van der Waals surface area (Å²) in [5.74, 6) is -0.296. The number of nitrogens with one attached hydrogen (secondary N) is 1. The number of nitrogens with zero attached hydrogens (tertiary/aromatic N) is 4. The van der Waals surface area contributed by atoms with Gasteiger partial charge in [-0.2, -0.15) is 13.2 Å². The Morgan fingerprint density at radius 1 is 1.15 bits per heavy atom. The van der Waals surface area contributed by atoms with Crippen LogP contribution in [0.2, 0.25) is 0 Å². The number of carbonyl (C=O) groups is 2. The van der Waals surface area contributed by atoms with E-state index in [2.05, 4.69) is 15.3 Å². The smallest absolute Gasteiger partial charge is 0.346 e. The minimum atomic E-state index is -4.40. The van der Waals surface area contributed by atoms with Gasteiger partial charge in [-0.15, -0.1) is 0 Å². The first-order chi connectivity index (χ1) is 15.7. The molecule has 33 heavy (non-hydrogen) atoms. The van der Waals surface area contributed by atoms with Crippen molar-refractivity contribution in [2.24, 2.45) is 0 Å². The maximum atomic E-state index is 12.9. The summed E-state index contributed by atoms with van der Waals surface area (Å²) in [6.45, 7) is 2.95. The Balaban J connectivity index is 1.40. The molecule has 0 saturated carbocycles. The monoisotopic (exact) mass is 475 g/mol. The average Bonchev–Trinajstić information content (AvgIpc) is 3.35. The Labute approximate surface area is 191 Å². The van der Waals surface area contributed by atoms with Gasteiger partial charge in [0.1, 0.15) is 4.88 Å². The number of carbonyl (C=O) groups excluding carboxylic acids is 2. The summed E-state index contributed by atoms with van der Waals surface area (Å²) in [7, 11) is 0. The van der Waals surface area contributed by atoms with Crippen LogP contribution in [0.15, 0.2) is 48.7 Å². The Kier molecular flexibility index (Phi) is 6.32. The number of halogens is 3. The van der Waals surface area contributed by atoms with Gasteiger partial charge in [-0.3, -0.25) is 14.7 Å². The lowest BCUT2D eigenvalue weighted by atomic mass is 10.1. The van der Waals surface area contributed by atoms with E-state index in [1.54, 1.807) is 30.2 Å². The van der Waals surface area contributed by atoms with Crippen LogP contribution in [0, 0.1) is 6.92 Å². The van der Waals surface area contributed by atoms with E-state index in [0.29, 0.717) is 34.4 Å². The summed E-state index contributed by atoms with van der Waals surface area (Å²) in [5.41, 5.74) is 1.11. The van der Waals surface area contributed by atoms with Crippen LogP contribution in [-0.2, 0) is 19.3 Å². The summed E-state index contributed by atoms with van der Waals surface area (Å²) in [5, 5.41) is 3.22. The van der Waals surface area contributed by atoms with Gasteiger partial charge in [0.2, 0.25) is 0 Å². The van der Waals surface area contributed by atoms with Gasteiger partial charge in [-0.1, -0.05) is 29.5 Å². The van der Waals surface area contributed by atoms with Crippen molar-refractivity contribution >= 4 is 28.4 Å². The third kappa shape index (κ3) is 5.14. The van der Waals surface area contributed by atoms with Crippen LogP contribution >= 0.6 is 11.3 Å². The van der Waals surface area contributed by atoms with E-state index in [0.717, 1.165) is 29.2 Å². The molecule has 0 bridgehead atoms. The third-order valence-corrected chi connectivity index (χ3v) is 6.31. The molecule has 4 rings (SSSR count). The number of anilines is 1. The second-order valence-electron chi connectivity index (χ2n) is 7.47. The maximum Gasteiger partial charge on any atom is 0.416 e. The van der Waals surface area contributed by atoms with Crippen molar-refractivity contribution < 1.29 is 22.8 Å². The van der Waals surface area contributed by atoms with E-state index < -0.39 is 11.7 Å². The van der Waals surface area contributed by atoms with Crippen LogP contribution in [0.1, 0.15) is 32.2 Å². The lowest BCUT2D eigenvalue weighted by Gasteiger charge is -2.17. The zero-order valence-electron chi connectivity index (χ0n) is 17.6. The molecule has 0 unspecified atom stereocenters. The molecule has 1 aliphatic rings. The number of hydrogen-bond donors (Lipinski definition) is 1. The Morgan fingerprint density at radius 3 is 2.58 bits per heavy atom. The number of pyridine rings is 1. The summed E-state index contributed by atoms with van der Waals surface area (Å²) in [4.78, 5) is 37.5. The summed E-state index contributed by atoms with van der Waals surface area (Å²) >= 11 is 1.13. The highest BCUT2D eigenvalue weighted by Crippen LogP contribution is 2.31. The minimum Gasteiger partial charge on any atom is -0.346 e. The molecule has 3 heterocycles. The number of thiazole rings is 1. The molecule has 1 fully saturated rings. The van der Waals surface area contributed by atoms with Crippen LogP contribution in [0.3, 0.4) is 0 Å². The number of aromatic nitrogens is 2. The number of urea groups is 1. The lowest BCUT2D eigenvalue weighted by Crippen LogP contribution is -2.31. The van der Waals surface area contributed by atoms with Crippen molar-refractivity contribution in [2.75, 3.05) is 18.0 Å². The van der Waals surface area contributed by atoms with E-state index in [1.807, 2.05) is 6.07 Å². The zero-order chi connectivity index (χ0) is 23.6. The van der Waals surface area contributed by atoms with E-state index in [-0.39, 0.29) is 25.0 Å². The van der Waals surface area contributed by atoms with E-state index >= 15 is 0 Å². The highest BCUT2D eigenvalue weighted by Gasteiger charge is 2.33. The van der Waals surface area contributed by atoms with Gasteiger partial charge < -0.3 is 10.2 Å². The van der Waals surface area contributed by atoms with Gasteiger partial charge in [0, 0.05) is 25.8 Å². The van der Waals surface area contributed by atoms with Gasteiger partial charge in [0.15, 0.2) is 5.13 Å². The molecular formula is C22H20F3N5O2S. The molecule has 1 aliphatic heterocycles. The first-order valence-corrected chi connectivity index (χ1v) is 10.9. The molecule has 3 aromatic rings. The molecule has 2 aromatic heterocycles. The molecule has 0 spiro atoms. The van der Waals surface area contributed by atoms with Gasteiger partial charge >= 0.3 is 12.2 Å². The molecule has 1 N–H and O–H groups in total. The summed E-state index contributed by atoms with van der Waals surface area (Å²) in [6, 6.07) is 9.88. The fourth-order valence-electron chi connectivity index (χ4n) is 3.39. The SMILES string of the molecule is Cc1nc(N2CCN(Cc3ccc(C(F)(F)F)cc3)C2=O)sc1C(=O)NCc1ccccn1. The standard InChI is InChI=1S/C22H20F3N5O2S/c1-14-18(19(31)27-12-17-4-2-3-9-26-17)33-20(28-14)30-11-10-29(21(30)32)13-15-5-7-16(8-6-15)22(23,24)25/h2-9H,10-13H2,1H3,(H,27,31). The number of hydrogen-bond acceptors (Lipinski definition) is 5. The lowest BCUT2D eigenvalue weighted by molar-refractivity contribution is -0.137. The van der Waals surface area contributed by atoms with Crippen LogP contribution in [-0.4, -0.2) is 39.9 Å². The first-order valence-electron chi connectivity index (χ1n) is 10.1. The summed E-state index contributed by atoms with van der Waals surface area (Å²) in [6.07, 6.45) is -2.75. The maximum absolute atomic E-state index is 12.9. The fourth-order valence-corrected chi connectivity index (χ4v) is 4.39. The summed E-state index contributed by atoms with van der Waals surface area (Å²) < 4.78 is 38.2. The minimum absolute atomic E-state index is 0.190. The van der Waals surface area contributed by atoms with Crippen molar-refractivity contribution in [2.45, 2.75) is 26.2 Å². The quantitative estimate of drug-likeness (QED) is 0.579. The number of benzene rings is 1. The normalized spacial score (nSPS) is 14.1. The highest BCUT2D eigenvalue weighted by atomic mass is 32.1. The molecule has 172 valence electrons. The predicted octanol–water partition coefficient (Wildman–Crippen LogP) is 4.24. The molecule has 11 heteroatoms. The van der Waals surface area contributed by atoms with Crippen LogP contribution in [0.4, 0.5) is 23.1 Å². The van der Waals surface area contributed by atoms with Gasteiger partial charge in [-0.05, 0) is 36.8 Å². The van der Waals surface area contributed by atoms with E-state index in [4.69, 9.17) is 0 Å². The Hall–Kier alpha value is -3.47. The van der Waals surface area contributed by atoms with Crippen LogP contribution in [0.25, 0.3) is 0 Å². The van der Waals surface area contributed by atoms with Crippen LogP contribution < -0.4 is 10.2 Å². The molecule has 0 atom stereocenters. The Bertz CT molecular complexity index is 1150. The van der Waals surface area contributed by atoms with Crippen molar-refractivity contribution in [1.82, 2.24) is 20.2 Å². The highest BCUT2D eigenvalue weighted by molar-refractivity contribution is 7.17. The Morgan fingerprint density at radius 2 is 1.91 bits per heavy atom. The molecule has 0 aliphatic carbocycles. The zero-order valence-corrected chi connectivity index (χ0v) is 18.4. The topological polar surface area (TPSA) is 78.4 Å². The van der Waals surface area contributed by atoms with E-state index in [9.17, 15) is 22.8 Å². The van der Waals surface area contributed by atoms with Gasteiger partial charge in [-0.25, -0.2) is 9.78 Å². The number of alkyl halides is 3. The first kappa shape index (κ1) is 22.7. The molecule has 7 nitrogen and oxygen atoms in total. The van der Waals surface area contributed by atoms with E-state index in [1.165, 1.54) is 17.0 Å². The molecule has 0 radical (unpaired) electrons.